The Bertz CT molecular complexity index is 575. The number of fused-ring (bicyclic) bond motifs is 1. The van der Waals surface area contributed by atoms with Crippen molar-refractivity contribution in [3.63, 3.8) is 0 Å². The van der Waals surface area contributed by atoms with Crippen molar-refractivity contribution >= 4 is 5.65 Å². The van der Waals surface area contributed by atoms with Crippen molar-refractivity contribution in [1.82, 2.24) is 14.3 Å². The van der Waals surface area contributed by atoms with Gasteiger partial charge in [-0.1, -0.05) is 6.07 Å². The lowest BCUT2D eigenvalue weighted by molar-refractivity contribution is 0.376. The quantitative estimate of drug-likeness (QED) is 0.797. The molecule has 2 heterocycles. The highest BCUT2D eigenvalue weighted by Crippen LogP contribution is 2.11. The van der Waals surface area contributed by atoms with E-state index in [1.807, 2.05) is 19.0 Å². The first-order valence-electron chi connectivity index (χ1n) is 4.93. The molecule has 0 aliphatic rings. The van der Waals surface area contributed by atoms with Crippen LogP contribution >= 0.6 is 0 Å². The van der Waals surface area contributed by atoms with Crippen LogP contribution in [0.3, 0.4) is 0 Å². The fraction of sp³-hybridized carbons (Fsp3) is 0.273. The Morgan fingerprint density at radius 3 is 2.88 bits per heavy atom. The first-order chi connectivity index (χ1) is 7.59. The molecule has 2 rings (SSSR count). The second-order valence-electron chi connectivity index (χ2n) is 3.89. The van der Waals surface area contributed by atoms with Crippen molar-refractivity contribution in [1.29, 1.82) is 0 Å². The van der Waals surface area contributed by atoms with E-state index in [9.17, 15) is 9.90 Å². The summed E-state index contributed by atoms with van der Waals surface area (Å²) >= 11 is 0. The number of pyridine rings is 1. The number of aromatic nitrogens is 2. The highest BCUT2D eigenvalue weighted by molar-refractivity contribution is 5.42. The van der Waals surface area contributed by atoms with Crippen LogP contribution in [0.1, 0.15) is 5.56 Å². The van der Waals surface area contributed by atoms with Crippen LogP contribution in [0.15, 0.2) is 29.2 Å². The lowest BCUT2D eigenvalue weighted by atomic mass is 10.3. The third-order valence-electron chi connectivity index (χ3n) is 2.28. The molecule has 0 unspecified atom stereocenters. The van der Waals surface area contributed by atoms with Gasteiger partial charge in [-0.05, 0) is 26.2 Å². The van der Waals surface area contributed by atoms with E-state index >= 15 is 0 Å². The van der Waals surface area contributed by atoms with Gasteiger partial charge >= 0.3 is 0 Å². The zero-order chi connectivity index (χ0) is 11.7. The predicted octanol–water partition coefficient (Wildman–Crippen LogP) is 0.462. The topological polar surface area (TPSA) is 57.8 Å². The number of nitrogens with zero attached hydrogens (tertiary/aromatic N) is 3. The lowest BCUT2D eigenvalue weighted by Crippen LogP contribution is -2.24. The van der Waals surface area contributed by atoms with Crippen molar-refractivity contribution in [2.45, 2.75) is 6.54 Å². The molecule has 1 N–H and O–H groups in total. The van der Waals surface area contributed by atoms with Gasteiger partial charge in [0.2, 0.25) is 5.88 Å². The summed E-state index contributed by atoms with van der Waals surface area (Å²) in [5, 5.41) is 9.69. The van der Waals surface area contributed by atoms with Crippen molar-refractivity contribution in [2.24, 2.45) is 0 Å². The van der Waals surface area contributed by atoms with Crippen LogP contribution in [0.5, 0.6) is 5.88 Å². The molecule has 5 nitrogen and oxygen atoms in total. The zero-order valence-corrected chi connectivity index (χ0v) is 9.21. The van der Waals surface area contributed by atoms with Crippen LogP contribution in [0.25, 0.3) is 5.65 Å². The molecule has 0 amide bonds. The number of hydrogen-bond donors (Lipinski definition) is 1. The SMILES string of the molecule is CN(C)Cc1c(O)nc2ccccn2c1=O. The molecule has 2 aromatic rings. The summed E-state index contributed by atoms with van der Waals surface area (Å²) in [7, 11) is 3.66. The lowest BCUT2D eigenvalue weighted by Gasteiger charge is -2.10. The van der Waals surface area contributed by atoms with Gasteiger partial charge in [0.1, 0.15) is 5.65 Å². The molecule has 0 saturated carbocycles. The van der Waals surface area contributed by atoms with Crippen molar-refractivity contribution < 1.29 is 5.11 Å². The van der Waals surface area contributed by atoms with E-state index in [2.05, 4.69) is 4.98 Å². The molecule has 5 heteroatoms. The molecule has 0 bridgehead atoms. The summed E-state index contributed by atoms with van der Waals surface area (Å²) in [5.41, 5.74) is 0.540. The molecular formula is C11H13N3O2. The number of aromatic hydroxyl groups is 1. The number of hydrogen-bond acceptors (Lipinski definition) is 4. The minimum absolute atomic E-state index is 0.190. The molecule has 2 aromatic heterocycles. The molecule has 0 fully saturated rings. The second kappa shape index (κ2) is 3.94. The Balaban J connectivity index is 2.71. The van der Waals surface area contributed by atoms with E-state index in [1.54, 1.807) is 24.4 Å². The monoisotopic (exact) mass is 219 g/mol. The molecule has 0 aliphatic heterocycles. The average Bonchev–Trinajstić information content (AvgIpc) is 2.24. The third kappa shape index (κ3) is 1.77. The van der Waals surface area contributed by atoms with Crippen LogP contribution in [-0.4, -0.2) is 33.5 Å². The maximum Gasteiger partial charge on any atom is 0.266 e. The second-order valence-corrected chi connectivity index (χ2v) is 3.89. The predicted molar refractivity (Wildman–Crippen MR) is 60.5 cm³/mol. The minimum atomic E-state index is -0.225. The summed E-state index contributed by atoms with van der Waals surface area (Å²) in [4.78, 5) is 17.8. The summed E-state index contributed by atoms with van der Waals surface area (Å²) in [6.45, 7) is 0.371. The van der Waals surface area contributed by atoms with Gasteiger partial charge in [0.05, 0.1) is 5.56 Å². The summed E-state index contributed by atoms with van der Waals surface area (Å²) in [6, 6.07) is 5.21. The van der Waals surface area contributed by atoms with Gasteiger partial charge in [-0.25, -0.2) is 0 Å². The molecule has 16 heavy (non-hydrogen) atoms. The van der Waals surface area contributed by atoms with E-state index in [-0.39, 0.29) is 11.4 Å². The van der Waals surface area contributed by atoms with Crippen LogP contribution in [0.4, 0.5) is 0 Å². The normalized spacial score (nSPS) is 11.2. The van der Waals surface area contributed by atoms with Crippen molar-refractivity contribution in [2.75, 3.05) is 14.1 Å². The minimum Gasteiger partial charge on any atom is -0.493 e. The summed E-state index contributed by atoms with van der Waals surface area (Å²) < 4.78 is 1.43. The van der Waals surface area contributed by atoms with Gasteiger partial charge in [0.25, 0.3) is 5.56 Å². The van der Waals surface area contributed by atoms with Gasteiger partial charge < -0.3 is 10.0 Å². The van der Waals surface area contributed by atoms with E-state index in [0.29, 0.717) is 17.8 Å². The standard InChI is InChI=1S/C11H13N3O2/c1-13(2)7-8-10(15)12-9-5-3-4-6-14(9)11(8)16/h3-6,15H,7H2,1-2H3. The fourth-order valence-electron chi connectivity index (χ4n) is 1.57. The summed E-state index contributed by atoms with van der Waals surface area (Å²) in [5.74, 6) is -0.190. The van der Waals surface area contributed by atoms with Gasteiger partial charge in [-0.15, -0.1) is 0 Å². The highest BCUT2D eigenvalue weighted by atomic mass is 16.3. The van der Waals surface area contributed by atoms with E-state index in [0.717, 1.165) is 0 Å². The maximum absolute atomic E-state index is 12.0. The molecule has 84 valence electrons. The third-order valence-corrected chi connectivity index (χ3v) is 2.28. The Morgan fingerprint density at radius 1 is 1.44 bits per heavy atom. The van der Waals surface area contributed by atoms with Crippen LogP contribution in [0, 0.1) is 0 Å². The summed E-state index contributed by atoms with van der Waals surface area (Å²) in [6.07, 6.45) is 1.64. The van der Waals surface area contributed by atoms with Crippen LogP contribution in [-0.2, 0) is 6.54 Å². The largest absolute Gasteiger partial charge is 0.493 e. The average molecular weight is 219 g/mol. The first kappa shape index (κ1) is 10.6. The Labute approximate surface area is 92.6 Å². The Morgan fingerprint density at radius 2 is 2.19 bits per heavy atom. The fourth-order valence-corrected chi connectivity index (χ4v) is 1.57. The maximum atomic E-state index is 12.0. The Kier molecular flexibility index (Phi) is 2.62. The van der Waals surface area contributed by atoms with Gasteiger partial charge in [0.15, 0.2) is 0 Å². The molecule has 0 saturated heterocycles. The first-order valence-corrected chi connectivity index (χ1v) is 4.93. The van der Waals surface area contributed by atoms with Gasteiger partial charge in [-0.2, -0.15) is 4.98 Å². The van der Waals surface area contributed by atoms with E-state index in [1.165, 1.54) is 4.40 Å². The van der Waals surface area contributed by atoms with Crippen molar-refractivity contribution in [3.8, 4) is 5.88 Å². The smallest absolute Gasteiger partial charge is 0.266 e. The zero-order valence-electron chi connectivity index (χ0n) is 9.21. The molecule has 0 aliphatic carbocycles. The van der Waals surface area contributed by atoms with Crippen molar-refractivity contribution in [3.05, 3.63) is 40.3 Å². The molecule has 0 spiro atoms. The molecule has 0 atom stereocenters. The molecule has 0 radical (unpaired) electrons. The van der Waals surface area contributed by atoms with E-state index < -0.39 is 0 Å². The highest BCUT2D eigenvalue weighted by Gasteiger charge is 2.11. The van der Waals surface area contributed by atoms with Crippen LogP contribution < -0.4 is 5.56 Å². The molecule has 0 aromatic carbocycles. The molecular weight excluding hydrogens is 206 g/mol. The van der Waals surface area contributed by atoms with Gasteiger partial charge in [0, 0.05) is 12.7 Å². The van der Waals surface area contributed by atoms with Crippen LogP contribution in [0.2, 0.25) is 0 Å². The Hall–Kier alpha value is -1.88. The number of rotatable bonds is 2. The van der Waals surface area contributed by atoms with E-state index in [4.69, 9.17) is 0 Å². The van der Waals surface area contributed by atoms with Gasteiger partial charge in [-0.3, -0.25) is 9.20 Å².